The van der Waals surface area contributed by atoms with Crippen molar-refractivity contribution in [3.63, 3.8) is 0 Å². The Labute approximate surface area is 186 Å². The van der Waals surface area contributed by atoms with E-state index >= 15 is 0 Å². The number of tetrazole rings is 1. The zero-order valence-corrected chi connectivity index (χ0v) is 18.2. The molecule has 0 bridgehead atoms. The van der Waals surface area contributed by atoms with Gasteiger partial charge >= 0.3 is 0 Å². The second kappa shape index (κ2) is 9.07. The number of aryl methyl sites for hydroxylation is 2. The van der Waals surface area contributed by atoms with Crippen LogP contribution in [0.2, 0.25) is 0 Å². The number of nitro groups is 1. The van der Waals surface area contributed by atoms with Gasteiger partial charge in [0.25, 0.3) is 5.69 Å². The topological polar surface area (TPSA) is 90.0 Å². The van der Waals surface area contributed by atoms with E-state index in [4.69, 9.17) is 0 Å². The van der Waals surface area contributed by atoms with E-state index in [1.165, 1.54) is 12.1 Å². The highest BCUT2D eigenvalue weighted by Gasteiger charge is 2.27. The molecule has 1 atom stereocenters. The molecule has 162 valence electrons. The fourth-order valence-corrected chi connectivity index (χ4v) is 4.01. The van der Waals surface area contributed by atoms with Gasteiger partial charge in [0.05, 0.1) is 16.7 Å². The van der Waals surface area contributed by atoms with Gasteiger partial charge in [0.1, 0.15) is 0 Å². The van der Waals surface area contributed by atoms with Gasteiger partial charge in [-0.25, -0.2) is 0 Å². The zero-order chi connectivity index (χ0) is 22.7. The van der Waals surface area contributed by atoms with Gasteiger partial charge < -0.3 is 0 Å². The summed E-state index contributed by atoms with van der Waals surface area (Å²) < 4.78 is 1.78. The summed E-state index contributed by atoms with van der Waals surface area (Å²) in [5.41, 5.74) is 5.13. The number of aromatic nitrogens is 4. The van der Waals surface area contributed by atoms with Crippen molar-refractivity contribution in [1.82, 2.24) is 25.1 Å². The first-order valence-corrected chi connectivity index (χ1v) is 10.3. The van der Waals surface area contributed by atoms with Crippen molar-refractivity contribution in [3.8, 4) is 5.69 Å². The minimum Gasteiger partial charge on any atom is -0.288 e. The Balaban J connectivity index is 1.82. The summed E-state index contributed by atoms with van der Waals surface area (Å²) in [6, 6.07) is 22.5. The van der Waals surface area contributed by atoms with Crippen molar-refractivity contribution >= 4 is 5.69 Å². The molecule has 32 heavy (non-hydrogen) atoms. The van der Waals surface area contributed by atoms with Crippen LogP contribution in [-0.4, -0.2) is 37.1 Å². The van der Waals surface area contributed by atoms with Crippen LogP contribution in [0.1, 0.15) is 34.1 Å². The van der Waals surface area contributed by atoms with Crippen molar-refractivity contribution < 1.29 is 4.92 Å². The maximum Gasteiger partial charge on any atom is 0.269 e. The summed E-state index contributed by atoms with van der Waals surface area (Å²) in [6.07, 6.45) is 0. The molecule has 0 aliphatic heterocycles. The van der Waals surface area contributed by atoms with Crippen molar-refractivity contribution in [2.75, 3.05) is 7.05 Å². The fourth-order valence-electron chi connectivity index (χ4n) is 4.01. The lowest BCUT2D eigenvalue weighted by atomic mass is 10.0. The SMILES string of the molecule is Cc1cccc(C)c1-n1nnnc1[C@@H](c1ccc([N+](=O)[O-])cc1)N(C)Cc1ccccc1. The van der Waals surface area contributed by atoms with E-state index in [0.29, 0.717) is 12.4 Å². The van der Waals surface area contributed by atoms with E-state index in [-0.39, 0.29) is 11.7 Å². The largest absolute Gasteiger partial charge is 0.288 e. The molecule has 0 unspecified atom stereocenters. The van der Waals surface area contributed by atoms with Gasteiger partial charge in [0.15, 0.2) is 5.82 Å². The molecular weight excluding hydrogens is 404 g/mol. The summed E-state index contributed by atoms with van der Waals surface area (Å²) in [7, 11) is 2.00. The molecule has 0 radical (unpaired) electrons. The Morgan fingerprint density at radius 3 is 2.25 bits per heavy atom. The molecule has 8 heteroatoms. The molecule has 1 heterocycles. The monoisotopic (exact) mass is 428 g/mol. The van der Waals surface area contributed by atoms with Gasteiger partial charge in [-0.3, -0.25) is 15.0 Å². The van der Waals surface area contributed by atoms with Crippen LogP contribution in [0.3, 0.4) is 0 Å². The molecule has 3 aromatic carbocycles. The number of rotatable bonds is 7. The second-order valence-electron chi connectivity index (χ2n) is 7.84. The Kier molecular flexibility index (Phi) is 6.04. The highest BCUT2D eigenvalue weighted by atomic mass is 16.6. The summed E-state index contributed by atoms with van der Waals surface area (Å²) in [5.74, 6) is 0.648. The van der Waals surface area contributed by atoms with Crippen LogP contribution in [0, 0.1) is 24.0 Å². The molecule has 0 saturated carbocycles. The van der Waals surface area contributed by atoms with Crippen LogP contribution in [-0.2, 0) is 6.54 Å². The average Bonchev–Trinajstić information content (AvgIpc) is 3.23. The normalized spacial score (nSPS) is 12.1. The van der Waals surface area contributed by atoms with E-state index in [1.807, 2.05) is 57.3 Å². The molecule has 8 nitrogen and oxygen atoms in total. The first-order valence-electron chi connectivity index (χ1n) is 10.3. The summed E-state index contributed by atoms with van der Waals surface area (Å²) >= 11 is 0. The van der Waals surface area contributed by atoms with Gasteiger partial charge in [-0.15, -0.1) is 5.10 Å². The number of non-ortho nitro benzene ring substituents is 1. The molecule has 0 fully saturated rings. The highest BCUT2D eigenvalue weighted by molar-refractivity contribution is 5.47. The van der Waals surface area contributed by atoms with Crippen molar-refractivity contribution in [2.24, 2.45) is 0 Å². The van der Waals surface area contributed by atoms with Crippen molar-refractivity contribution in [3.05, 3.63) is 111 Å². The third-order valence-electron chi connectivity index (χ3n) is 5.52. The third kappa shape index (κ3) is 4.26. The van der Waals surface area contributed by atoms with Gasteiger partial charge in [0, 0.05) is 18.7 Å². The van der Waals surface area contributed by atoms with E-state index in [2.05, 4.69) is 32.6 Å². The summed E-state index contributed by atoms with van der Waals surface area (Å²) in [6.45, 7) is 4.72. The van der Waals surface area contributed by atoms with E-state index < -0.39 is 4.92 Å². The number of hydrogen-bond acceptors (Lipinski definition) is 6. The molecule has 0 aliphatic carbocycles. The number of hydrogen-bond donors (Lipinski definition) is 0. The molecule has 0 aliphatic rings. The molecule has 0 spiro atoms. The van der Waals surface area contributed by atoms with Gasteiger partial charge in [-0.2, -0.15) is 4.68 Å². The quantitative estimate of drug-likeness (QED) is 0.320. The van der Waals surface area contributed by atoms with Crippen molar-refractivity contribution in [2.45, 2.75) is 26.4 Å². The Bertz CT molecular complexity index is 1200. The average molecular weight is 428 g/mol. The Morgan fingerprint density at radius 1 is 0.969 bits per heavy atom. The van der Waals surface area contributed by atoms with Gasteiger partial charge in [0.2, 0.25) is 0 Å². The molecular formula is C24H24N6O2. The van der Waals surface area contributed by atoms with Crippen LogP contribution in [0.25, 0.3) is 5.69 Å². The van der Waals surface area contributed by atoms with Crippen molar-refractivity contribution in [1.29, 1.82) is 0 Å². The Morgan fingerprint density at radius 2 is 1.62 bits per heavy atom. The molecule has 0 amide bonds. The number of para-hydroxylation sites is 1. The van der Waals surface area contributed by atoms with Gasteiger partial charge in [-0.1, -0.05) is 60.7 Å². The molecule has 4 aromatic rings. The maximum absolute atomic E-state index is 11.2. The molecule has 0 saturated heterocycles. The minimum atomic E-state index is -0.396. The lowest BCUT2D eigenvalue weighted by Gasteiger charge is -2.28. The van der Waals surface area contributed by atoms with E-state index in [1.54, 1.807) is 16.8 Å². The van der Waals surface area contributed by atoms with E-state index in [0.717, 1.165) is 27.9 Å². The summed E-state index contributed by atoms with van der Waals surface area (Å²) in [4.78, 5) is 12.9. The Hall–Kier alpha value is -3.91. The number of nitrogens with zero attached hydrogens (tertiary/aromatic N) is 6. The lowest BCUT2D eigenvalue weighted by molar-refractivity contribution is -0.384. The smallest absolute Gasteiger partial charge is 0.269 e. The number of nitro benzene ring substituents is 1. The maximum atomic E-state index is 11.2. The molecule has 0 N–H and O–H groups in total. The first kappa shape index (κ1) is 21.3. The highest BCUT2D eigenvalue weighted by Crippen LogP contribution is 2.31. The minimum absolute atomic E-state index is 0.0487. The predicted octanol–water partition coefficient (Wildman–Crippen LogP) is 4.41. The first-order chi connectivity index (χ1) is 15.5. The second-order valence-corrected chi connectivity index (χ2v) is 7.84. The zero-order valence-electron chi connectivity index (χ0n) is 18.2. The van der Waals surface area contributed by atoms with Crippen LogP contribution >= 0.6 is 0 Å². The standard InChI is InChI=1S/C24H24N6O2/c1-17-8-7-9-18(2)22(17)29-24(25-26-27-29)23(20-12-14-21(15-13-20)30(31)32)28(3)16-19-10-5-4-6-11-19/h4-15,23H,16H2,1-3H3/t23-/m1/s1. The van der Waals surface area contributed by atoms with Crippen LogP contribution in [0.5, 0.6) is 0 Å². The number of benzene rings is 3. The third-order valence-corrected chi connectivity index (χ3v) is 5.52. The van der Waals surface area contributed by atoms with E-state index in [9.17, 15) is 10.1 Å². The summed E-state index contributed by atoms with van der Waals surface area (Å²) in [5, 5.41) is 23.9. The molecule has 4 rings (SSSR count). The predicted molar refractivity (Wildman–Crippen MR) is 121 cm³/mol. The van der Waals surface area contributed by atoms with Crippen LogP contribution < -0.4 is 0 Å². The van der Waals surface area contributed by atoms with Gasteiger partial charge in [-0.05, 0) is 53.6 Å². The van der Waals surface area contributed by atoms with Crippen LogP contribution in [0.4, 0.5) is 5.69 Å². The lowest BCUT2D eigenvalue weighted by Crippen LogP contribution is -2.28. The fraction of sp³-hybridized carbons (Fsp3) is 0.208. The molecule has 1 aromatic heterocycles. The van der Waals surface area contributed by atoms with Crippen LogP contribution in [0.15, 0.2) is 72.8 Å².